The topological polar surface area (TPSA) is 32.3 Å². The van der Waals surface area contributed by atoms with Crippen molar-refractivity contribution in [1.82, 2.24) is 5.32 Å². The summed E-state index contributed by atoms with van der Waals surface area (Å²) in [5.41, 5.74) is 0.916. The van der Waals surface area contributed by atoms with Crippen LogP contribution in [0, 0.1) is 23.3 Å². The van der Waals surface area contributed by atoms with Gasteiger partial charge in [-0.05, 0) is 37.5 Å². The van der Waals surface area contributed by atoms with Crippen LogP contribution in [0.15, 0.2) is 30.3 Å². The first kappa shape index (κ1) is 18.2. The molecule has 1 unspecified atom stereocenters. The Morgan fingerprint density at radius 1 is 1.12 bits per heavy atom. The van der Waals surface area contributed by atoms with Crippen molar-refractivity contribution in [3.8, 4) is 0 Å². The highest BCUT2D eigenvalue weighted by Crippen LogP contribution is 2.30. The fourth-order valence-electron chi connectivity index (χ4n) is 3.29. The van der Waals surface area contributed by atoms with Crippen molar-refractivity contribution in [3.05, 3.63) is 64.7 Å². The second-order valence-electron chi connectivity index (χ2n) is 6.38. The van der Waals surface area contributed by atoms with Crippen LogP contribution in [0.5, 0.6) is 0 Å². The molecule has 2 aromatic rings. The Morgan fingerprint density at radius 3 is 2.58 bits per heavy atom. The summed E-state index contributed by atoms with van der Waals surface area (Å²) in [5, 5.41) is 2.63. The number of anilines is 1. The number of nitrogens with zero attached hydrogens (tertiary/aromatic N) is 1. The summed E-state index contributed by atoms with van der Waals surface area (Å²) in [6.07, 6.45) is 1.21. The molecule has 7 heteroatoms. The van der Waals surface area contributed by atoms with Crippen molar-refractivity contribution in [1.29, 1.82) is 0 Å². The van der Waals surface area contributed by atoms with E-state index in [0.29, 0.717) is 24.9 Å². The molecule has 2 aromatic carbocycles. The predicted octanol–water partition coefficient (Wildman–Crippen LogP) is 3.87. The van der Waals surface area contributed by atoms with E-state index in [0.717, 1.165) is 18.2 Å². The Morgan fingerprint density at radius 2 is 1.85 bits per heavy atom. The van der Waals surface area contributed by atoms with E-state index in [9.17, 15) is 22.4 Å². The molecule has 1 aliphatic heterocycles. The minimum atomic E-state index is -0.748. The monoisotopic (exact) mass is 366 g/mol. The molecule has 138 valence electrons. The van der Waals surface area contributed by atoms with E-state index >= 15 is 0 Å². The van der Waals surface area contributed by atoms with E-state index in [4.69, 9.17) is 0 Å². The zero-order valence-corrected chi connectivity index (χ0v) is 14.2. The largest absolute Gasteiger partial charge is 0.360 e. The standard InChI is InChI=1S/C19H18F4N2O/c1-11(15-5-4-13(20)8-16(15)22)24-18(26)10-25-6-2-3-12-7-14(21)9-17(23)19(12)25/h4-5,7-9,11H,2-3,6,10H2,1H3,(H,24,26). The van der Waals surface area contributed by atoms with Gasteiger partial charge in [0.15, 0.2) is 0 Å². The van der Waals surface area contributed by atoms with E-state index in [1.807, 2.05) is 0 Å². The third-order valence-electron chi connectivity index (χ3n) is 4.44. The lowest BCUT2D eigenvalue weighted by Crippen LogP contribution is -2.41. The number of carbonyl (C=O) groups is 1. The van der Waals surface area contributed by atoms with Crippen LogP contribution in [0.4, 0.5) is 23.2 Å². The van der Waals surface area contributed by atoms with Crippen molar-refractivity contribution < 1.29 is 22.4 Å². The van der Waals surface area contributed by atoms with Gasteiger partial charge in [0.2, 0.25) is 5.91 Å². The number of hydrogen-bond donors (Lipinski definition) is 1. The molecule has 0 spiro atoms. The van der Waals surface area contributed by atoms with Crippen LogP contribution in [0.2, 0.25) is 0 Å². The van der Waals surface area contributed by atoms with Crippen LogP contribution in [0.1, 0.15) is 30.5 Å². The second kappa shape index (κ2) is 7.35. The molecule has 1 atom stereocenters. The van der Waals surface area contributed by atoms with Crippen LogP contribution in [-0.4, -0.2) is 19.0 Å². The molecular formula is C19H18F4N2O. The lowest BCUT2D eigenvalue weighted by Gasteiger charge is -2.31. The van der Waals surface area contributed by atoms with Gasteiger partial charge < -0.3 is 10.2 Å². The van der Waals surface area contributed by atoms with E-state index in [-0.39, 0.29) is 17.8 Å². The summed E-state index contributed by atoms with van der Waals surface area (Å²) < 4.78 is 54.3. The van der Waals surface area contributed by atoms with Gasteiger partial charge in [0, 0.05) is 24.2 Å². The highest BCUT2D eigenvalue weighted by molar-refractivity contribution is 5.82. The summed E-state index contributed by atoms with van der Waals surface area (Å²) in [5.74, 6) is -3.23. The molecule has 0 fully saturated rings. The van der Waals surface area contributed by atoms with Crippen LogP contribution in [-0.2, 0) is 11.2 Å². The highest BCUT2D eigenvalue weighted by Gasteiger charge is 2.24. The highest BCUT2D eigenvalue weighted by atomic mass is 19.1. The fourth-order valence-corrected chi connectivity index (χ4v) is 3.29. The Hall–Kier alpha value is -2.57. The number of hydrogen-bond acceptors (Lipinski definition) is 2. The van der Waals surface area contributed by atoms with Crippen molar-refractivity contribution >= 4 is 11.6 Å². The van der Waals surface area contributed by atoms with Gasteiger partial charge in [-0.3, -0.25) is 4.79 Å². The quantitative estimate of drug-likeness (QED) is 0.833. The summed E-state index contributed by atoms with van der Waals surface area (Å²) in [4.78, 5) is 13.9. The molecular weight excluding hydrogens is 348 g/mol. The second-order valence-corrected chi connectivity index (χ2v) is 6.38. The maximum Gasteiger partial charge on any atom is 0.239 e. The molecule has 0 radical (unpaired) electrons. The van der Waals surface area contributed by atoms with Crippen molar-refractivity contribution in [3.63, 3.8) is 0 Å². The predicted molar refractivity (Wildman–Crippen MR) is 89.8 cm³/mol. The summed E-state index contributed by atoms with van der Waals surface area (Å²) >= 11 is 0. The molecule has 0 aliphatic carbocycles. The van der Waals surface area contributed by atoms with Crippen LogP contribution in [0.3, 0.4) is 0 Å². The average molecular weight is 366 g/mol. The van der Waals surface area contributed by atoms with Gasteiger partial charge in [-0.25, -0.2) is 17.6 Å². The third-order valence-corrected chi connectivity index (χ3v) is 4.44. The maximum absolute atomic E-state index is 14.2. The molecule has 1 N–H and O–H groups in total. The third kappa shape index (κ3) is 3.81. The first-order chi connectivity index (χ1) is 12.3. The van der Waals surface area contributed by atoms with Crippen molar-refractivity contribution in [2.24, 2.45) is 0 Å². The van der Waals surface area contributed by atoms with E-state index < -0.39 is 35.2 Å². The Balaban J connectivity index is 1.71. The average Bonchev–Trinajstić information content (AvgIpc) is 2.53. The minimum Gasteiger partial charge on any atom is -0.360 e. The summed E-state index contributed by atoms with van der Waals surface area (Å²) in [6, 6.07) is 4.54. The Bertz CT molecular complexity index is 841. The molecule has 3 rings (SSSR count). The molecule has 0 aromatic heterocycles. The molecule has 1 amide bonds. The smallest absolute Gasteiger partial charge is 0.239 e. The number of benzene rings is 2. The number of rotatable bonds is 4. The Kier molecular flexibility index (Phi) is 5.15. The van der Waals surface area contributed by atoms with Gasteiger partial charge in [0.1, 0.15) is 23.3 Å². The number of fused-ring (bicyclic) bond motifs is 1. The van der Waals surface area contributed by atoms with Gasteiger partial charge >= 0.3 is 0 Å². The van der Waals surface area contributed by atoms with Gasteiger partial charge in [0.25, 0.3) is 0 Å². The molecule has 1 heterocycles. The first-order valence-corrected chi connectivity index (χ1v) is 8.32. The van der Waals surface area contributed by atoms with Crippen molar-refractivity contribution in [2.75, 3.05) is 18.0 Å². The van der Waals surface area contributed by atoms with Crippen molar-refractivity contribution in [2.45, 2.75) is 25.8 Å². The molecule has 1 aliphatic rings. The Labute approximate surface area is 148 Å². The zero-order valence-electron chi connectivity index (χ0n) is 14.2. The molecule has 0 saturated heterocycles. The van der Waals surface area contributed by atoms with E-state index in [2.05, 4.69) is 5.32 Å². The normalized spacial score (nSPS) is 14.7. The summed E-state index contributed by atoms with van der Waals surface area (Å²) in [7, 11) is 0. The maximum atomic E-state index is 14.2. The molecule has 0 saturated carbocycles. The molecule has 0 bridgehead atoms. The fraction of sp³-hybridized carbons (Fsp3) is 0.316. The lowest BCUT2D eigenvalue weighted by molar-refractivity contribution is -0.120. The van der Waals surface area contributed by atoms with E-state index in [1.54, 1.807) is 11.8 Å². The number of amides is 1. The van der Waals surface area contributed by atoms with Gasteiger partial charge in [-0.1, -0.05) is 6.07 Å². The molecule has 3 nitrogen and oxygen atoms in total. The van der Waals surface area contributed by atoms with Crippen LogP contribution < -0.4 is 10.2 Å². The van der Waals surface area contributed by atoms with Crippen LogP contribution in [0.25, 0.3) is 0 Å². The number of halogens is 4. The summed E-state index contributed by atoms with van der Waals surface area (Å²) in [6.45, 7) is 1.90. The van der Waals surface area contributed by atoms with E-state index in [1.165, 1.54) is 12.1 Å². The van der Waals surface area contributed by atoms with Gasteiger partial charge in [0.05, 0.1) is 18.3 Å². The molecule has 26 heavy (non-hydrogen) atoms. The zero-order chi connectivity index (χ0) is 18.8. The number of nitrogens with one attached hydrogen (secondary N) is 1. The minimum absolute atomic E-state index is 0.136. The lowest BCUT2D eigenvalue weighted by atomic mass is 10.0. The van der Waals surface area contributed by atoms with Crippen LogP contribution >= 0.6 is 0 Å². The number of carbonyl (C=O) groups excluding carboxylic acids is 1. The number of aryl methyl sites for hydroxylation is 1. The van der Waals surface area contributed by atoms with Gasteiger partial charge in [-0.2, -0.15) is 0 Å². The van der Waals surface area contributed by atoms with Gasteiger partial charge in [-0.15, -0.1) is 0 Å². The SMILES string of the molecule is CC(NC(=O)CN1CCCc2cc(F)cc(F)c21)c1ccc(F)cc1F. The first-order valence-electron chi connectivity index (χ1n) is 8.32.